The van der Waals surface area contributed by atoms with Crippen molar-refractivity contribution >= 4 is 23.6 Å². The highest BCUT2D eigenvalue weighted by molar-refractivity contribution is 8.04. The van der Waals surface area contributed by atoms with Crippen LogP contribution in [0.3, 0.4) is 0 Å². The van der Waals surface area contributed by atoms with Crippen LogP contribution < -0.4 is 0 Å². The number of allylic oxidation sites excluding steroid dienone is 1. The van der Waals surface area contributed by atoms with E-state index in [4.69, 9.17) is 5.11 Å². The second-order valence-corrected chi connectivity index (χ2v) is 3.84. The maximum atomic E-state index is 11.1. The lowest BCUT2D eigenvalue weighted by atomic mass is 10.3. The molecule has 1 amide bonds. The monoisotopic (exact) mass is 201 g/mol. The summed E-state index contributed by atoms with van der Waals surface area (Å²) in [6.45, 7) is 3.71. The molecule has 0 radical (unpaired) electrons. The SMILES string of the molecule is CC(=O)N1CCSC(C(=O)O)=C1C. The average molecular weight is 201 g/mol. The fourth-order valence-corrected chi connectivity index (χ4v) is 2.16. The van der Waals surface area contributed by atoms with Crippen molar-refractivity contribution in [3.05, 3.63) is 10.6 Å². The van der Waals surface area contributed by atoms with E-state index in [9.17, 15) is 9.59 Å². The second-order valence-electron chi connectivity index (χ2n) is 2.74. The number of hydrogen-bond acceptors (Lipinski definition) is 3. The van der Waals surface area contributed by atoms with E-state index < -0.39 is 5.97 Å². The van der Waals surface area contributed by atoms with Crippen LogP contribution in [-0.4, -0.2) is 34.2 Å². The van der Waals surface area contributed by atoms with Gasteiger partial charge >= 0.3 is 5.97 Å². The molecule has 1 N–H and O–H groups in total. The minimum absolute atomic E-state index is 0.100. The summed E-state index contributed by atoms with van der Waals surface area (Å²) < 4.78 is 0. The molecule has 13 heavy (non-hydrogen) atoms. The minimum atomic E-state index is -0.951. The standard InChI is InChI=1S/C8H11NO3S/c1-5-7(8(11)12)13-4-3-9(5)6(2)10/h3-4H2,1-2H3,(H,11,12). The lowest BCUT2D eigenvalue weighted by Crippen LogP contribution is -2.33. The molecule has 0 bridgehead atoms. The molecule has 0 spiro atoms. The Morgan fingerprint density at radius 2 is 2.15 bits per heavy atom. The highest BCUT2D eigenvalue weighted by Crippen LogP contribution is 2.27. The van der Waals surface area contributed by atoms with Crippen molar-refractivity contribution in [2.45, 2.75) is 13.8 Å². The molecule has 1 heterocycles. The van der Waals surface area contributed by atoms with Gasteiger partial charge in [0.15, 0.2) is 0 Å². The third kappa shape index (κ3) is 2.03. The van der Waals surface area contributed by atoms with Crippen LogP contribution in [-0.2, 0) is 9.59 Å². The van der Waals surface area contributed by atoms with Crippen LogP contribution in [0.25, 0.3) is 0 Å². The smallest absolute Gasteiger partial charge is 0.343 e. The van der Waals surface area contributed by atoms with Gasteiger partial charge in [0.2, 0.25) is 5.91 Å². The molecule has 0 aliphatic carbocycles. The van der Waals surface area contributed by atoms with Gasteiger partial charge in [0.05, 0.1) is 0 Å². The fraction of sp³-hybridized carbons (Fsp3) is 0.500. The van der Waals surface area contributed by atoms with Gasteiger partial charge in [0.25, 0.3) is 0 Å². The zero-order chi connectivity index (χ0) is 10.0. The number of carboxylic acids is 1. The number of nitrogens with zero attached hydrogens (tertiary/aromatic N) is 1. The molecule has 1 aliphatic heterocycles. The van der Waals surface area contributed by atoms with Gasteiger partial charge in [-0.05, 0) is 6.92 Å². The van der Waals surface area contributed by atoms with E-state index in [2.05, 4.69) is 0 Å². The largest absolute Gasteiger partial charge is 0.477 e. The maximum Gasteiger partial charge on any atom is 0.343 e. The van der Waals surface area contributed by atoms with Crippen LogP contribution in [0.4, 0.5) is 0 Å². The van der Waals surface area contributed by atoms with E-state index in [0.29, 0.717) is 18.0 Å². The van der Waals surface area contributed by atoms with E-state index in [1.54, 1.807) is 6.92 Å². The van der Waals surface area contributed by atoms with E-state index >= 15 is 0 Å². The lowest BCUT2D eigenvalue weighted by Gasteiger charge is -2.27. The minimum Gasteiger partial charge on any atom is -0.477 e. The zero-order valence-corrected chi connectivity index (χ0v) is 8.35. The topological polar surface area (TPSA) is 57.6 Å². The Kier molecular flexibility index (Phi) is 2.98. The molecule has 0 saturated heterocycles. The predicted octanol–water partition coefficient (Wildman–Crippen LogP) is 0.898. The number of thioether (sulfide) groups is 1. The fourth-order valence-electron chi connectivity index (χ4n) is 1.24. The summed E-state index contributed by atoms with van der Waals surface area (Å²) in [7, 11) is 0. The van der Waals surface area contributed by atoms with Gasteiger partial charge in [0, 0.05) is 24.9 Å². The predicted molar refractivity (Wildman–Crippen MR) is 50.2 cm³/mol. The number of hydrogen-bond donors (Lipinski definition) is 1. The molecule has 4 nitrogen and oxygen atoms in total. The molecule has 1 rings (SSSR count). The Labute approximate surface area is 80.6 Å². The Bertz CT molecular complexity index is 285. The van der Waals surface area contributed by atoms with Crippen LogP contribution in [0.15, 0.2) is 10.6 Å². The molecular formula is C8H11NO3S. The number of aliphatic carboxylic acids is 1. The van der Waals surface area contributed by atoms with Crippen molar-refractivity contribution in [1.82, 2.24) is 4.90 Å². The zero-order valence-electron chi connectivity index (χ0n) is 7.53. The van der Waals surface area contributed by atoms with E-state index in [1.165, 1.54) is 23.6 Å². The first-order chi connectivity index (χ1) is 6.04. The quantitative estimate of drug-likeness (QED) is 0.684. The summed E-state index contributed by atoms with van der Waals surface area (Å²) in [6.07, 6.45) is 0. The molecule has 0 fully saturated rings. The number of amides is 1. The molecule has 0 atom stereocenters. The van der Waals surface area contributed by atoms with Gasteiger partial charge < -0.3 is 10.0 Å². The van der Waals surface area contributed by atoms with Crippen LogP contribution in [0.2, 0.25) is 0 Å². The summed E-state index contributed by atoms with van der Waals surface area (Å²) in [6, 6.07) is 0. The average Bonchev–Trinajstić information content (AvgIpc) is 2.03. The van der Waals surface area contributed by atoms with Gasteiger partial charge in [-0.1, -0.05) is 0 Å². The molecule has 5 heteroatoms. The van der Waals surface area contributed by atoms with Crippen molar-refractivity contribution in [2.24, 2.45) is 0 Å². The molecule has 1 aliphatic rings. The molecule has 0 aromatic heterocycles. The molecular weight excluding hydrogens is 190 g/mol. The van der Waals surface area contributed by atoms with Crippen LogP contribution >= 0.6 is 11.8 Å². The van der Waals surface area contributed by atoms with E-state index in [1.807, 2.05) is 0 Å². The van der Waals surface area contributed by atoms with Crippen LogP contribution in [0.1, 0.15) is 13.8 Å². The highest BCUT2D eigenvalue weighted by atomic mass is 32.2. The Morgan fingerprint density at radius 1 is 1.54 bits per heavy atom. The molecule has 72 valence electrons. The summed E-state index contributed by atoms with van der Waals surface area (Å²) in [5, 5.41) is 8.79. The maximum absolute atomic E-state index is 11.1. The summed E-state index contributed by atoms with van der Waals surface area (Å²) >= 11 is 1.29. The Hall–Kier alpha value is -0.970. The van der Waals surface area contributed by atoms with Gasteiger partial charge in [-0.25, -0.2) is 4.79 Å². The van der Waals surface area contributed by atoms with Gasteiger partial charge in [-0.15, -0.1) is 11.8 Å². The molecule has 0 unspecified atom stereocenters. The number of rotatable bonds is 1. The summed E-state index contributed by atoms with van der Waals surface area (Å²) in [5.74, 6) is -0.400. The molecule has 0 aromatic carbocycles. The molecule has 0 saturated carbocycles. The first kappa shape index (κ1) is 10.1. The Balaban J connectivity index is 2.98. The van der Waals surface area contributed by atoms with Gasteiger partial charge in [-0.3, -0.25) is 4.79 Å². The first-order valence-electron chi connectivity index (χ1n) is 3.89. The second kappa shape index (κ2) is 3.83. The number of carbonyl (C=O) groups is 2. The number of carbonyl (C=O) groups excluding carboxylic acids is 1. The lowest BCUT2D eigenvalue weighted by molar-refractivity contribution is -0.132. The normalized spacial score (nSPS) is 17.5. The van der Waals surface area contributed by atoms with Crippen molar-refractivity contribution in [1.29, 1.82) is 0 Å². The van der Waals surface area contributed by atoms with Crippen LogP contribution in [0, 0.1) is 0 Å². The van der Waals surface area contributed by atoms with Gasteiger partial charge in [-0.2, -0.15) is 0 Å². The third-order valence-electron chi connectivity index (χ3n) is 1.87. The van der Waals surface area contributed by atoms with Crippen molar-refractivity contribution in [3.63, 3.8) is 0 Å². The van der Waals surface area contributed by atoms with Crippen molar-refractivity contribution in [2.75, 3.05) is 12.3 Å². The van der Waals surface area contributed by atoms with Crippen molar-refractivity contribution < 1.29 is 14.7 Å². The summed E-state index contributed by atoms with van der Waals surface area (Å²) in [5.41, 5.74) is 0.552. The van der Waals surface area contributed by atoms with E-state index in [0.717, 1.165) is 0 Å². The molecule has 0 aromatic rings. The first-order valence-corrected chi connectivity index (χ1v) is 4.87. The van der Waals surface area contributed by atoms with E-state index in [-0.39, 0.29) is 10.8 Å². The van der Waals surface area contributed by atoms with Crippen molar-refractivity contribution in [3.8, 4) is 0 Å². The van der Waals surface area contributed by atoms with Crippen LogP contribution in [0.5, 0.6) is 0 Å². The number of carboxylic acid groups (broad SMARTS) is 1. The Morgan fingerprint density at radius 3 is 2.62 bits per heavy atom. The summed E-state index contributed by atoms with van der Waals surface area (Å²) in [4.78, 5) is 23.6. The highest BCUT2D eigenvalue weighted by Gasteiger charge is 2.23. The third-order valence-corrected chi connectivity index (χ3v) is 3.01. The van der Waals surface area contributed by atoms with Gasteiger partial charge in [0.1, 0.15) is 4.91 Å².